The summed E-state index contributed by atoms with van der Waals surface area (Å²) in [5.74, 6) is 0.788. The lowest BCUT2D eigenvalue weighted by Gasteiger charge is -2.50. The minimum absolute atomic E-state index is 0.0482. The molecule has 0 spiro atoms. The number of fused-ring (bicyclic) bond motifs is 1. The van der Waals surface area contributed by atoms with Crippen LogP contribution in [0.25, 0.3) is 0 Å². The summed E-state index contributed by atoms with van der Waals surface area (Å²) in [6.45, 7) is 2.83. The van der Waals surface area contributed by atoms with E-state index in [1.165, 1.54) is 11.1 Å². The van der Waals surface area contributed by atoms with Crippen LogP contribution >= 0.6 is 0 Å². The lowest BCUT2D eigenvalue weighted by Crippen LogP contribution is -2.60. The molecule has 5 nitrogen and oxygen atoms in total. The van der Waals surface area contributed by atoms with Crippen molar-refractivity contribution in [3.8, 4) is 5.75 Å². The van der Waals surface area contributed by atoms with Gasteiger partial charge in [-0.25, -0.2) is 4.90 Å². The molecule has 3 aromatic rings. The zero-order chi connectivity index (χ0) is 20.4. The molecule has 150 valence electrons. The molecule has 3 aromatic carbocycles. The van der Waals surface area contributed by atoms with Gasteiger partial charge in [0.1, 0.15) is 12.0 Å². The van der Waals surface area contributed by atoms with E-state index in [0.717, 1.165) is 17.0 Å². The quantitative estimate of drug-likeness (QED) is 0.692. The summed E-state index contributed by atoms with van der Waals surface area (Å²) in [5, 5.41) is 0. The molecule has 0 amide bonds. The maximum Gasteiger partial charge on any atom is 0.142 e. The fourth-order valence-electron chi connectivity index (χ4n) is 4.16. The highest BCUT2D eigenvalue weighted by atomic mass is 16.5. The molecule has 29 heavy (non-hydrogen) atoms. The average molecular weight is 389 g/mol. The molecule has 4 N–H and O–H groups in total. The van der Waals surface area contributed by atoms with Crippen LogP contribution < -0.4 is 21.1 Å². The predicted octanol–water partition coefficient (Wildman–Crippen LogP) is 3.98. The fraction of sp³-hybridized carbons (Fsp3) is 0.250. The number of rotatable bonds is 5. The largest absolute Gasteiger partial charge is 0.495 e. The first-order valence-corrected chi connectivity index (χ1v) is 9.93. The Morgan fingerprint density at radius 3 is 2.21 bits per heavy atom. The van der Waals surface area contributed by atoms with E-state index in [1.54, 1.807) is 7.11 Å². The van der Waals surface area contributed by atoms with Crippen LogP contribution in [0.5, 0.6) is 5.75 Å². The molecule has 0 saturated heterocycles. The van der Waals surface area contributed by atoms with Crippen molar-refractivity contribution in [2.75, 3.05) is 12.0 Å². The van der Waals surface area contributed by atoms with Crippen LogP contribution in [0.2, 0.25) is 0 Å². The third-order valence-electron chi connectivity index (χ3n) is 5.72. The van der Waals surface area contributed by atoms with Crippen LogP contribution in [-0.2, 0) is 6.54 Å². The zero-order valence-electron chi connectivity index (χ0n) is 16.9. The van der Waals surface area contributed by atoms with Crippen molar-refractivity contribution >= 4 is 5.69 Å². The molecule has 0 aromatic heterocycles. The highest BCUT2D eigenvalue weighted by Gasteiger charge is 2.39. The number of benzene rings is 3. The molecule has 4 rings (SSSR count). The highest BCUT2D eigenvalue weighted by molar-refractivity contribution is 5.67. The van der Waals surface area contributed by atoms with Crippen LogP contribution in [0, 0.1) is 0 Å². The first-order valence-electron chi connectivity index (χ1n) is 9.93. The van der Waals surface area contributed by atoms with Crippen molar-refractivity contribution in [2.24, 2.45) is 11.5 Å². The van der Waals surface area contributed by atoms with Gasteiger partial charge in [0, 0.05) is 12.1 Å². The topological polar surface area (TPSA) is 67.8 Å². The van der Waals surface area contributed by atoms with Gasteiger partial charge in [0.05, 0.1) is 25.0 Å². The summed E-state index contributed by atoms with van der Waals surface area (Å²) >= 11 is 0. The van der Waals surface area contributed by atoms with E-state index in [9.17, 15) is 0 Å². The van der Waals surface area contributed by atoms with Crippen molar-refractivity contribution in [1.82, 2.24) is 4.90 Å². The number of nitrogens with two attached hydrogens (primary N) is 2. The van der Waals surface area contributed by atoms with E-state index in [4.69, 9.17) is 16.2 Å². The summed E-state index contributed by atoms with van der Waals surface area (Å²) in [4.78, 5) is 4.35. The maximum atomic E-state index is 6.85. The van der Waals surface area contributed by atoms with Crippen molar-refractivity contribution in [3.63, 3.8) is 0 Å². The second-order valence-corrected chi connectivity index (χ2v) is 7.41. The second kappa shape index (κ2) is 8.25. The van der Waals surface area contributed by atoms with E-state index < -0.39 is 6.29 Å². The number of ether oxygens (including phenoxy) is 1. The molecule has 0 aliphatic carbocycles. The smallest absolute Gasteiger partial charge is 0.142 e. The van der Waals surface area contributed by atoms with Gasteiger partial charge in [-0.2, -0.15) is 0 Å². The lowest BCUT2D eigenvalue weighted by molar-refractivity contribution is 0.106. The molecule has 0 bridgehead atoms. The Morgan fingerprint density at radius 1 is 0.897 bits per heavy atom. The van der Waals surface area contributed by atoms with Crippen molar-refractivity contribution in [1.29, 1.82) is 0 Å². The summed E-state index contributed by atoms with van der Waals surface area (Å²) in [5.41, 5.74) is 17.9. The maximum absolute atomic E-state index is 6.85. The fourth-order valence-corrected chi connectivity index (χ4v) is 4.16. The van der Waals surface area contributed by atoms with Gasteiger partial charge in [-0.1, -0.05) is 72.8 Å². The molecule has 3 unspecified atom stereocenters. The second-order valence-electron chi connectivity index (χ2n) is 7.41. The minimum atomic E-state index is -0.399. The van der Waals surface area contributed by atoms with Gasteiger partial charge in [0.15, 0.2) is 0 Å². The van der Waals surface area contributed by atoms with Crippen LogP contribution in [0.15, 0.2) is 78.9 Å². The van der Waals surface area contributed by atoms with Gasteiger partial charge >= 0.3 is 0 Å². The highest BCUT2D eigenvalue weighted by Crippen LogP contribution is 2.45. The zero-order valence-corrected chi connectivity index (χ0v) is 16.9. The predicted molar refractivity (Wildman–Crippen MR) is 117 cm³/mol. The van der Waals surface area contributed by atoms with Gasteiger partial charge in [0.2, 0.25) is 0 Å². The number of para-hydroxylation sites is 1. The van der Waals surface area contributed by atoms with Gasteiger partial charge < -0.3 is 15.4 Å². The summed E-state index contributed by atoms with van der Waals surface area (Å²) < 4.78 is 5.71. The molecule has 3 atom stereocenters. The molecule has 0 saturated carbocycles. The van der Waals surface area contributed by atoms with Crippen LogP contribution in [0.1, 0.15) is 35.8 Å². The molecule has 0 fully saturated rings. The van der Waals surface area contributed by atoms with E-state index in [-0.39, 0.29) is 12.2 Å². The van der Waals surface area contributed by atoms with Gasteiger partial charge in [-0.3, -0.25) is 5.73 Å². The standard InChI is InChI=1S/C24H28N4O/c1-17(19-12-7-4-8-13-19)28-22-20(14-9-15-21(22)29-2)23(25)27(24(28)26)16-18-10-5-3-6-11-18/h3-15,17,23-24H,16,25-26H2,1-2H3. The van der Waals surface area contributed by atoms with E-state index >= 15 is 0 Å². The number of hydrogen-bond acceptors (Lipinski definition) is 5. The minimum Gasteiger partial charge on any atom is -0.495 e. The van der Waals surface area contributed by atoms with Crippen molar-refractivity contribution in [3.05, 3.63) is 95.6 Å². The molecule has 1 heterocycles. The Morgan fingerprint density at radius 2 is 1.55 bits per heavy atom. The van der Waals surface area contributed by atoms with Crippen LogP contribution in [0.4, 0.5) is 5.69 Å². The summed E-state index contributed by atoms with van der Waals surface area (Å²) in [7, 11) is 1.69. The Balaban J connectivity index is 1.80. The molecule has 0 radical (unpaired) electrons. The van der Waals surface area contributed by atoms with E-state index in [0.29, 0.717) is 6.54 Å². The SMILES string of the molecule is COc1cccc2c1N(C(C)c1ccccc1)C(N)N(Cc1ccccc1)C2N. The average Bonchev–Trinajstić information content (AvgIpc) is 2.77. The summed E-state index contributed by atoms with van der Waals surface area (Å²) in [6, 6.07) is 26.8. The molecular weight excluding hydrogens is 360 g/mol. The van der Waals surface area contributed by atoms with E-state index in [2.05, 4.69) is 59.2 Å². The number of nitrogens with zero attached hydrogens (tertiary/aromatic N) is 2. The van der Waals surface area contributed by atoms with Crippen molar-refractivity contribution < 1.29 is 4.74 Å². The molecule has 1 aliphatic rings. The van der Waals surface area contributed by atoms with E-state index in [1.807, 2.05) is 36.4 Å². The number of anilines is 1. The Kier molecular flexibility index (Phi) is 5.53. The normalized spacial score (nSPS) is 20.2. The lowest BCUT2D eigenvalue weighted by atomic mass is 9.99. The molecule has 5 heteroatoms. The van der Waals surface area contributed by atoms with Gasteiger partial charge in [-0.15, -0.1) is 0 Å². The Labute approximate surface area is 172 Å². The third-order valence-corrected chi connectivity index (χ3v) is 5.72. The first kappa shape index (κ1) is 19.5. The van der Waals surface area contributed by atoms with Gasteiger partial charge in [-0.05, 0) is 24.1 Å². The van der Waals surface area contributed by atoms with Crippen LogP contribution in [-0.4, -0.2) is 18.3 Å². The number of methoxy groups -OCH3 is 1. The third kappa shape index (κ3) is 3.60. The number of hydrogen-bond donors (Lipinski definition) is 2. The Hall–Kier alpha value is -2.86. The molecular formula is C24H28N4O. The summed E-state index contributed by atoms with van der Waals surface area (Å²) in [6.07, 6.45) is -0.723. The van der Waals surface area contributed by atoms with Gasteiger partial charge in [0.25, 0.3) is 0 Å². The molecule has 1 aliphatic heterocycles. The van der Waals surface area contributed by atoms with Crippen molar-refractivity contribution in [2.45, 2.75) is 32.0 Å². The Bertz CT molecular complexity index is 948. The monoisotopic (exact) mass is 388 g/mol. The first-order chi connectivity index (χ1) is 14.1. The van der Waals surface area contributed by atoms with Crippen LogP contribution in [0.3, 0.4) is 0 Å².